The third-order valence-electron chi connectivity index (χ3n) is 4.28. The predicted octanol–water partition coefficient (Wildman–Crippen LogP) is -0.673. The van der Waals surface area contributed by atoms with Gasteiger partial charge in [0.2, 0.25) is 11.6 Å². The van der Waals surface area contributed by atoms with Crippen LogP contribution < -0.4 is 0 Å². The van der Waals surface area contributed by atoms with Crippen LogP contribution in [0.1, 0.15) is 32.8 Å². The third-order valence-corrected chi connectivity index (χ3v) is 4.28. The first-order valence-corrected chi connectivity index (χ1v) is 8.36. The molecule has 1 aromatic carbocycles. The van der Waals surface area contributed by atoms with Crippen molar-refractivity contribution in [2.75, 3.05) is 13.1 Å². The highest BCUT2D eigenvalue weighted by molar-refractivity contribution is 5.71. The molecule has 26 heavy (non-hydrogen) atoms. The summed E-state index contributed by atoms with van der Waals surface area (Å²) in [6.07, 6.45) is -0.983. The molecule has 0 aromatic heterocycles. The smallest absolute Gasteiger partial charge is 0.309 e. The molecule has 0 spiro atoms. The van der Waals surface area contributed by atoms with Gasteiger partial charge in [0.15, 0.2) is 5.60 Å². The molecule has 8 nitrogen and oxygen atoms in total. The van der Waals surface area contributed by atoms with E-state index in [0.29, 0.717) is 0 Å². The maximum Gasteiger partial charge on any atom is 0.309 e. The quantitative estimate of drug-likeness (QED) is 0.349. The van der Waals surface area contributed by atoms with Crippen LogP contribution in [0, 0.1) is 0 Å². The number of ether oxygens (including phenoxy) is 1. The standard InChI is InChI=1S/C18H27NO7/c1-15(2,3)26-14(20)9-16(21)17(22,23)11-19(12-18(16,24)25)10-13-7-5-4-6-8-13/h4-8,21-25H,9-12H2,1-3H3. The Morgan fingerprint density at radius 1 is 1.04 bits per heavy atom. The Bertz CT molecular complexity index is 619. The first-order chi connectivity index (χ1) is 11.8. The molecule has 0 radical (unpaired) electrons. The van der Waals surface area contributed by atoms with E-state index in [2.05, 4.69) is 0 Å². The summed E-state index contributed by atoms with van der Waals surface area (Å²) in [4.78, 5) is 13.4. The second-order valence-electron chi connectivity index (χ2n) is 7.89. The van der Waals surface area contributed by atoms with Crippen LogP contribution in [0.15, 0.2) is 30.3 Å². The fraction of sp³-hybridized carbons (Fsp3) is 0.611. The van der Waals surface area contributed by atoms with Gasteiger partial charge in [-0.2, -0.15) is 0 Å². The summed E-state index contributed by atoms with van der Waals surface area (Å²) < 4.78 is 5.06. The van der Waals surface area contributed by atoms with Crippen LogP contribution in [0.25, 0.3) is 0 Å². The summed E-state index contributed by atoms with van der Waals surface area (Å²) >= 11 is 0. The summed E-state index contributed by atoms with van der Waals surface area (Å²) in [7, 11) is 0. The van der Waals surface area contributed by atoms with E-state index in [-0.39, 0.29) is 6.54 Å². The van der Waals surface area contributed by atoms with Gasteiger partial charge in [-0.05, 0) is 26.3 Å². The maximum atomic E-state index is 12.0. The number of likely N-dealkylation sites (tertiary alicyclic amines) is 1. The topological polar surface area (TPSA) is 131 Å². The molecular weight excluding hydrogens is 342 g/mol. The van der Waals surface area contributed by atoms with E-state index in [1.165, 1.54) is 4.90 Å². The minimum atomic E-state index is -2.94. The Labute approximate surface area is 152 Å². The lowest BCUT2D eigenvalue weighted by molar-refractivity contribution is -0.405. The number of esters is 1. The van der Waals surface area contributed by atoms with Crippen molar-refractivity contribution in [3.05, 3.63) is 35.9 Å². The summed E-state index contributed by atoms with van der Waals surface area (Å²) in [5.74, 6) is -6.86. The number of carbonyl (C=O) groups excluding carboxylic acids is 1. The molecule has 5 N–H and O–H groups in total. The van der Waals surface area contributed by atoms with Gasteiger partial charge in [0.1, 0.15) is 5.60 Å². The SMILES string of the molecule is CC(C)(C)OC(=O)CC1(O)C(O)(O)CN(Cc2ccccc2)CC1(O)O. The van der Waals surface area contributed by atoms with Crippen LogP contribution in [0.4, 0.5) is 0 Å². The van der Waals surface area contributed by atoms with E-state index >= 15 is 0 Å². The minimum Gasteiger partial charge on any atom is -0.460 e. The van der Waals surface area contributed by atoms with Crippen molar-refractivity contribution >= 4 is 5.97 Å². The highest BCUT2D eigenvalue weighted by Crippen LogP contribution is 2.39. The summed E-state index contributed by atoms with van der Waals surface area (Å²) in [6, 6.07) is 9.02. The van der Waals surface area contributed by atoms with E-state index in [1.807, 2.05) is 6.07 Å². The van der Waals surface area contributed by atoms with Gasteiger partial charge >= 0.3 is 5.97 Å². The van der Waals surface area contributed by atoms with E-state index in [4.69, 9.17) is 4.74 Å². The molecule has 0 amide bonds. The van der Waals surface area contributed by atoms with E-state index in [0.717, 1.165) is 5.56 Å². The Morgan fingerprint density at radius 3 is 2.00 bits per heavy atom. The molecule has 0 unspecified atom stereocenters. The van der Waals surface area contributed by atoms with Crippen LogP contribution in [0.5, 0.6) is 0 Å². The molecule has 0 bridgehead atoms. The van der Waals surface area contributed by atoms with Gasteiger partial charge < -0.3 is 30.3 Å². The average Bonchev–Trinajstić information content (AvgIpc) is 2.43. The number of piperidine rings is 1. The lowest BCUT2D eigenvalue weighted by atomic mass is 9.77. The Kier molecular flexibility index (Phi) is 5.49. The zero-order chi connectivity index (χ0) is 19.8. The second kappa shape index (κ2) is 6.88. The van der Waals surface area contributed by atoms with Gasteiger partial charge in [-0.15, -0.1) is 0 Å². The molecule has 1 aliphatic heterocycles. The first-order valence-electron chi connectivity index (χ1n) is 8.36. The third kappa shape index (κ3) is 4.40. The number of hydrogen-bond acceptors (Lipinski definition) is 8. The summed E-state index contributed by atoms with van der Waals surface area (Å²) in [5, 5.41) is 52.1. The van der Waals surface area contributed by atoms with Crippen LogP contribution in [0.2, 0.25) is 0 Å². The highest BCUT2D eigenvalue weighted by Gasteiger charge is 2.66. The fourth-order valence-electron chi connectivity index (χ4n) is 3.08. The number of aliphatic hydroxyl groups is 5. The molecule has 1 aromatic rings. The van der Waals surface area contributed by atoms with E-state index in [9.17, 15) is 30.3 Å². The zero-order valence-corrected chi connectivity index (χ0v) is 15.2. The summed E-state index contributed by atoms with van der Waals surface area (Å²) in [6.45, 7) is 4.05. The molecule has 0 aliphatic carbocycles. The Balaban J connectivity index is 2.20. The molecule has 1 saturated heterocycles. The van der Waals surface area contributed by atoms with Crippen molar-refractivity contribution in [2.24, 2.45) is 0 Å². The van der Waals surface area contributed by atoms with Gasteiger partial charge in [0.05, 0.1) is 19.5 Å². The monoisotopic (exact) mass is 369 g/mol. The molecule has 1 heterocycles. The second-order valence-corrected chi connectivity index (χ2v) is 7.89. The molecule has 1 aliphatic rings. The zero-order valence-electron chi connectivity index (χ0n) is 15.2. The number of rotatable bonds is 4. The molecule has 146 valence electrons. The highest BCUT2D eigenvalue weighted by atomic mass is 16.6. The number of nitrogens with zero attached hydrogens (tertiary/aromatic N) is 1. The number of hydrogen-bond donors (Lipinski definition) is 5. The van der Waals surface area contributed by atoms with Crippen molar-refractivity contribution in [1.82, 2.24) is 4.90 Å². The van der Waals surface area contributed by atoms with Gasteiger partial charge in [-0.1, -0.05) is 30.3 Å². The number of β-amino-alcohol motifs (C(OH)–C–C–N with tert-alkyl or cyclic N) is 4. The van der Waals surface area contributed by atoms with Crippen molar-refractivity contribution in [3.63, 3.8) is 0 Å². The maximum absolute atomic E-state index is 12.0. The number of carbonyl (C=O) groups is 1. The molecular formula is C18H27NO7. The molecule has 1 fully saturated rings. The van der Waals surface area contributed by atoms with Gasteiger partial charge in [0, 0.05) is 6.54 Å². The van der Waals surface area contributed by atoms with E-state index in [1.54, 1.807) is 45.0 Å². The predicted molar refractivity (Wildman–Crippen MR) is 91.5 cm³/mol. The Morgan fingerprint density at radius 2 is 1.54 bits per heavy atom. The van der Waals surface area contributed by atoms with Crippen LogP contribution >= 0.6 is 0 Å². The number of benzene rings is 1. The fourth-order valence-corrected chi connectivity index (χ4v) is 3.08. The van der Waals surface area contributed by atoms with E-state index < -0.39 is 48.3 Å². The van der Waals surface area contributed by atoms with Crippen molar-refractivity contribution in [2.45, 2.75) is 56.5 Å². The molecule has 0 saturated carbocycles. The van der Waals surface area contributed by atoms with Gasteiger partial charge in [-0.25, -0.2) is 0 Å². The summed E-state index contributed by atoms with van der Waals surface area (Å²) in [5.41, 5.74) is -2.96. The van der Waals surface area contributed by atoms with Crippen molar-refractivity contribution < 1.29 is 35.1 Å². The average molecular weight is 369 g/mol. The van der Waals surface area contributed by atoms with Crippen LogP contribution in [-0.2, 0) is 16.1 Å². The molecule has 2 rings (SSSR count). The molecule has 8 heteroatoms. The van der Waals surface area contributed by atoms with Crippen molar-refractivity contribution in [1.29, 1.82) is 0 Å². The van der Waals surface area contributed by atoms with Gasteiger partial charge in [-0.3, -0.25) is 9.69 Å². The Hall–Kier alpha value is -1.55. The lowest BCUT2D eigenvalue weighted by Gasteiger charge is -2.53. The van der Waals surface area contributed by atoms with Crippen LogP contribution in [0.3, 0.4) is 0 Å². The van der Waals surface area contributed by atoms with Crippen molar-refractivity contribution in [3.8, 4) is 0 Å². The van der Waals surface area contributed by atoms with Gasteiger partial charge in [0.25, 0.3) is 0 Å². The minimum absolute atomic E-state index is 0.203. The first kappa shape index (κ1) is 20.8. The molecule has 0 atom stereocenters. The largest absolute Gasteiger partial charge is 0.460 e. The lowest BCUT2D eigenvalue weighted by Crippen LogP contribution is -2.78. The normalized spacial score (nSPS) is 22.0. The van der Waals surface area contributed by atoms with Crippen LogP contribution in [-0.4, -0.2) is 72.3 Å².